The number of nitrogens with zero attached hydrogens (tertiary/aromatic N) is 2. The number of carbonyl (C=O) groups excluding carboxylic acids is 1. The number of anilines is 1. The summed E-state index contributed by atoms with van der Waals surface area (Å²) < 4.78 is 50.0. The van der Waals surface area contributed by atoms with E-state index in [2.05, 4.69) is 10.4 Å². The number of aliphatic hydroxyl groups excluding tert-OH is 1. The maximum absolute atomic E-state index is 12.8. The molecule has 0 fully saturated rings. The van der Waals surface area contributed by atoms with E-state index >= 15 is 0 Å². The van der Waals surface area contributed by atoms with Gasteiger partial charge in [-0.15, -0.1) is 0 Å². The highest BCUT2D eigenvalue weighted by molar-refractivity contribution is 6.36. The van der Waals surface area contributed by atoms with Crippen molar-refractivity contribution in [1.82, 2.24) is 9.78 Å². The van der Waals surface area contributed by atoms with Crippen LogP contribution in [0.2, 0.25) is 5.02 Å². The number of rotatable bonds is 8. The fraction of sp³-hybridized carbons (Fsp3) is 0.444. The highest BCUT2D eigenvalue weighted by atomic mass is 35.5. The number of methoxy groups -OCH3 is 1. The third kappa shape index (κ3) is 5.13. The van der Waals surface area contributed by atoms with Gasteiger partial charge in [-0.1, -0.05) is 11.6 Å². The Morgan fingerprint density at radius 1 is 1.41 bits per heavy atom. The van der Waals surface area contributed by atoms with Gasteiger partial charge in [0.25, 0.3) is 0 Å². The van der Waals surface area contributed by atoms with Gasteiger partial charge in [-0.25, -0.2) is 4.79 Å². The van der Waals surface area contributed by atoms with Crippen LogP contribution in [0.5, 0.6) is 5.75 Å². The van der Waals surface area contributed by atoms with Gasteiger partial charge in [0.05, 0.1) is 32.6 Å². The number of halogens is 4. The van der Waals surface area contributed by atoms with Crippen LogP contribution >= 0.6 is 11.6 Å². The number of alkyl halides is 3. The molecule has 0 aliphatic carbocycles. The zero-order valence-corrected chi connectivity index (χ0v) is 16.8. The molecule has 0 spiro atoms. The molecule has 1 unspecified atom stereocenters. The Labute approximate surface area is 170 Å². The van der Waals surface area contributed by atoms with Crippen molar-refractivity contribution in [3.8, 4) is 17.0 Å². The van der Waals surface area contributed by atoms with Crippen LogP contribution < -0.4 is 10.1 Å². The first-order valence-electron chi connectivity index (χ1n) is 8.69. The third-order valence-electron chi connectivity index (χ3n) is 4.01. The molecule has 0 aliphatic rings. The quantitative estimate of drug-likeness (QED) is 0.614. The van der Waals surface area contributed by atoms with Crippen molar-refractivity contribution in [2.45, 2.75) is 32.6 Å². The lowest BCUT2D eigenvalue weighted by Crippen LogP contribution is -2.33. The SMILES string of the molecule is CCOC(=O)c1nn(CCO)c(-c2ccc(NC(C)C(F)(F)F)cc2OC)c1Cl. The monoisotopic (exact) mass is 435 g/mol. The molecule has 1 aromatic carbocycles. The summed E-state index contributed by atoms with van der Waals surface area (Å²) in [6.07, 6.45) is -4.41. The lowest BCUT2D eigenvalue weighted by atomic mass is 10.1. The largest absolute Gasteiger partial charge is 0.496 e. The van der Waals surface area contributed by atoms with Crippen LogP contribution in [0.1, 0.15) is 24.3 Å². The average Bonchev–Trinajstić information content (AvgIpc) is 2.97. The maximum atomic E-state index is 12.8. The molecule has 2 aromatic rings. The Balaban J connectivity index is 2.51. The zero-order valence-electron chi connectivity index (χ0n) is 16.0. The van der Waals surface area contributed by atoms with Crippen LogP contribution in [-0.2, 0) is 11.3 Å². The summed E-state index contributed by atoms with van der Waals surface area (Å²) in [7, 11) is 1.35. The summed E-state index contributed by atoms with van der Waals surface area (Å²) in [5.41, 5.74) is 0.715. The lowest BCUT2D eigenvalue weighted by molar-refractivity contribution is -0.138. The molecule has 160 valence electrons. The van der Waals surface area contributed by atoms with E-state index in [1.807, 2.05) is 0 Å². The molecule has 2 N–H and O–H groups in total. The highest BCUT2D eigenvalue weighted by Crippen LogP contribution is 2.39. The average molecular weight is 436 g/mol. The van der Waals surface area contributed by atoms with Crippen molar-refractivity contribution in [2.75, 3.05) is 25.6 Å². The summed E-state index contributed by atoms with van der Waals surface area (Å²) in [4.78, 5) is 12.1. The van der Waals surface area contributed by atoms with Crippen molar-refractivity contribution >= 4 is 23.3 Å². The van der Waals surface area contributed by atoms with Crippen molar-refractivity contribution in [1.29, 1.82) is 0 Å². The minimum absolute atomic E-state index is 0.0143. The second kappa shape index (κ2) is 9.36. The molecule has 0 aliphatic heterocycles. The fourth-order valence-corrected chi connectivity index (χ4v) is 2.91. The predicted molar refractivity (Wildman–Crippen MR) is 101 cm³/mol. The van der Waals surface area contributed by atoms with Gasteiger partial charge < -0.3 is 19.9 Å². The molecule has 0 radical (unpaired) electrons. The molecule has 0 amide bonds. The number of hydrogen-bond donors (Lipinski definition) is 2. The minimum Gasteiger partial charge on any atom is -0.496 e. The smallest absolute Gasteiger partial charge is 0.408 e. The van der Waals surface area contributed by atoms with E-state index in [9.17, 15) is 23.1 Å². The number of nitrogens with one attached hydrogen (secondary N) is 1. The van der Waals surface area contributed by atoms with E-state index < -0.39 is 18.2 Å². The maximum Gasteiger partial charge on any atom is 0.408 e. The molecule has 1 atom stereocenters. The van der Waals surface area contributed by atoms with E-state index in [1.165, 1.54) is 30.0 Å². The Morgan fingerprint density at radius 2 is 2.10 bits per heavy atom. The van der Waals surface area contributed by atoms with E-state index in [-0.39, 0.29) is 47.6 Å². The lowest BCUT2D eigenvalue weighted by Gasteiger charge is -2.19. The van der Waals surface area contributed by atoms with Gasteiger partial charge >= 0.3 is 12.1 Å². The van der Waals surface area contributed by atoms with Crippen molar-refractivity contribution in [2.24, 2.45) is 0 Å². The number of benzene rings is 1. The molecule has 29 heavy (non-hydrogen) atoms. The number of hydrogen-bond acceptors (Lipinski definition) is 6. The summed E-state index contributed by atoms with van der Waals surface area (Å²) in [6.45, 7) is 2.51. The standard InChI is InChI=1S/C18H21ClF3N3O4/c1-4-29-17(27)15-14(19)16(25(24-15)7-8-26)12-6-5-11(9-13(12)28-3)23-10(2)18(20,21)22/h5-6,9-10,23,26H,4,7-8H2,1-3H3. The van der Waals surface area contributed by atoms with E-state index in [0.717, 1.165) is 6.92 Å². The van der Waals surface area contributed by atoms with Crippen LogP contribution in [0.15, 0.2) is 18.2 Å². The van der Waals surface area contributed by atoms with Gasteiger partial charge in [-0.05, 0) is 26.0 Å². The zero-order chi connectivity index (χ0) is 21.8. The summed E-state index contributed by atoms with van der Waals surface area (Å²) in [5, 5.41) is 15.8. The first kappa shape index (κ1) is 22.8. The molecule has 2 rings (SSSR count). The molecule has 0 saturated heterocycles. The number of aliphatic hydroxyl groups is 1. The highest BCUT2D eigenvalue weighted by Gasteiger charge is 2.36. The Kier molecular flexibility index (Phi) is 7.37. The van der Waals surface area contributed by atoms with Crippen molar-refractivity contribution in [3.05, 3.63) is 28.9 Å². The van der Waals surface area contributed by atoms with E-state index in [1.54, 1.807) is 6.92 Å². The topological polar surface area (TPSA) is 85.6 Å². The first-order valence-corrected chi connectivity index (χ1v) is 9.07. The molecule has 0 bridgehead atoms. The van der Waals surface area contributed by atoms with Gasteiger partial charge in [0.1, 0.15) is 16.8 Å². The van der Waals surface area contributed by atoms with E-state index in [0.29, 0.717) is 5.56 Å². The molecular weight excluding hydrogens is 415 g/mol. The Hall–Kier alpha value is -2.46. The molecule has 7 nitrogen and oxygen atoms in total. The van der Waals surface area contributed by atoms with Gasteiger partial charge in [-0.3, -0.25) is 4.68 Å². The number of aromatic nitrogens is 2. The predicted octanol–water partition coefficient (Wildman–Crippen LogP) is 3.74. The molecule has 0 saturated carbocycles. The summed E-state index contributed by atoms with van der Waals surface area (Å²) in [5.74, 6) is -0.521. The van der Waals surface area contributed by atoms with Crippen molar-refractivity contribution in [3.63, 3.8) is 0 Å². The van der Waals surface area contributed by atoms with E-state index in [4.69, 9.17) is 21.1 Å². The van der Waals surface area contributed by atoms with Crippen LogP contribution in [0.25, 0.3) is 11.3 Å². The first-order chi connectivity index (χ1) is 13.6. The Morgan fingerprint density at radius 3 is 2.66 bits per heavy atom. The molecule has 11 heteroatoms. The summed E-state index contributed by atoms with van der Waals surface area (Å²) in [6, 6.07) is 2.54. The number of esters is 1. The van der Waals surface area contributed by atoms with Crippen LogP contribution in [0.4, 0.5) is 18.9 Å². The van der Waals surface area contributed by atoms with Crippen LogP contribution in [0, 0.1) is 0 Å². The fourth-order valence-electron chi connectivity index (χ4n) is 2.59. The van der Waals surface area contributed by atoms with Gasteiger partial charge in [0, 0.05) is 17.3 Å². The Bertz CT molecular complexity index is 871. The second-order valence-corrected chi connectivity index (χ2v) is 6.38. The van der Waals surface area contributed by atoms with Crippen molar-refractivity contribution < 1.29 is 32.5 Å². The third-order valence-corrected chi connectivity index (χ3v) is 4.36. The van der Waals surface area contributed by atoms with Gasteiger partial charge in [0.15, 0.2) is 5.69 Å². The van der Waals surface area contributed by atoms with Crippen LogP contribution in [0.3, 0.4) is 0 Å². The van der Waals surface area contributed by atoms with Gasteiger partial charge in [-0.2, -0.15) is 18.3 Å². The molecule has 1 aromatic heterocycles. The normalized spacial score (nSPS) is 12.6. The second-order valence-electron chi connectivity index (χ2n) is 6.00. The number of ether oxygens (including phenoxy) is 2. The molecular formula is C18H21ClF3N3O4. The molecule has 1 heterocycles. The minimum atomic E-state index is -4.41. The summed E-state index contributed by atoms with van der Waals surface area (Å²) >= 11 is 6.36. The number of carbonyl (C=O) groups is 1. The van der Waals surface area contributed by atoms with Crippen LogP contribution in [-0.4, -0.2) is 53.4 Å². The van der Waals surface area contributed by atoms with Gasteiger partial charge in [0.2, 0.25) is 0 Å².